The lowest BCUT2D eigenvalue weighted by Gasteiger charge is -2.22. The first-order chi connectivity index (χ1) is 16.4. The molecule has 0 aliphatic carbocycles. The van der Waals surface area contributed by atoms with Crippen LogP contribution in [0.25, 0.3) is 11.2 Å². The number of anilines is 1. The van der Waals surface area contributed by atoms with Gasteiger partial charge in [-0.3, -0.25) is 9.59 Å². The van der Waals surface area contributed by atoms with E-state index in [0.29, 0.717) is 36.5 Å². The SMILES string of the molecule is C=CC(=O)N1C[C@@H](n2nc(C#Cc3cnc4c(c3)ncn4C)c(C(N)=O)c2NC)C[C@@H]1COC. The number of likely N-dealkylation sites (tertiary alicyclic amines) is 1. The fourth-order valence-corrected chi connectivity index (χ4v) is 4.28. The molecule has 0 aromatic carbocycles. The Balaban J connectivity index is 1.72. The van der Waals surface area contributed by atoms with Crippen LogP contribution in [0.3, 0.4) is 0 Å². The number of imidazole rings is 1. The Morgan fingerprint density at radius 1 is 1.38 bits per heavy atom. The van der Waals surface area contributed by atoms with E-state index >= 15 is 0 Å². The summed E-state index contributed by atoms with van der Waals surface area (Å²) >= 11 is 0. The molecule has 0 unspecified atom stereocenters. The second kappa shape index (κ2) is 9.36. The smallest absolute Gasteiger partial charge is 0.255 e. The first kappa shape index (κ1) is 23.0. The molecule has 2 amide bonds. The van der Waals surface area contributed by atoms with Crippen molar-refractivity contribution in [3.8, 4) is 11.8 Å². The van der Waals surface area contributed by atoms with Crippen molar-refractivity contribution in [2.45, 2.75) is 18.5 Å². The van der Waals surface area contributed by atoms with E-state index < -0.39 is 5.91 Å². The van der Waals surface area contributed by atoms with Gasteiger partial charge in [-0.15, -0.1) is 0 Å². The summed E-state index contributed by atoms with van der Waals surface area (Å²) in [6, 6.07) is 1.48. The zero-order chi connectivity index (χ0) is 24.4. The minimum Gasteiger partial charge on any atom is -0.383 e. The van der Waals surface area contributed by atoms with Crippen LogP contribution in [0.4, 0.5) is 5.82 Å². The second-order valence-electron chi connectivity index (χ2n) is 8.00. The molecule has 11 heteroatoms. The number of nitrogens with one attached hydrogen (secondary N) is 1. The number of carbonyl (C=O) groups excluding carboxylic acids is 2. The van der Waals surface area contributed by atoms with E-state index in [1.807, 2.05) is 17.7 Å². The van der Waals surface area contributed by atoms with Crippen LogP contribution >= 0.6 is 0 Å². The number of hydrogen-bond acceptors (Lipinski definition) is 7. The van der Waals surface area contributed by atoms with Crippen molar-refractivity contribution < 1.29 is 14.3 Å². The van der Waals surface area contributed by atoms with E-state index in [1.54, 1.807) is 36.3 Å². The maximum absolute atomic E-state index is 12.4. The molecular formula is C23H26N8O3. The maximum Gasteiger partial charge on any atom is 0.255 e. The van der Waals surface area contributed by atoms with Gasteiger partial charge in [0.2, 0.25) is 5.91 Å². The zero-order valence-electron chi connectivity index (χ0n) is 19.3. The number of pyridine rings is 1. The van der Waals surface area contributed by atoms with Gasteiger partial charge in [0, 0.05) is 39.5 Å². The van der Waals surface area contributed by atoms with Gasteiger partial charge in [0.25, 0.3) is 5.91 Å². The molecule has 1 aliphatic rings. The number of ether oxygens (including phenoxy) is 1. The van der Waals surface area contributed by atoms with Crippen molar-refractivity contribution in [2.75, 3.05) is 32.6 Å². The lowest BCUT2D eigenvalue weighted by Crippen LogP contribution is -2.37. The van der Waals surface area contributed by atoms with E-state index in [9.17, 15) is 9.59 Å². The van der Waals surface area contributed by atoms with Crippen LogP contribution in [0.15, 0.2) is 31.2 Å². The van der Waals surface area contributed by atoms with Crippen molar-refractivity contribution in [2.24, 2.45) is 12.8 Å². The number of rotatable bonds is 6. The Morgan fingerprint density at radius 2 is 2.18 bits per heavy atom. The van der Waals surface area contributed by atoms with Gasteiger partial charge >= 0.3 is 0 Å². The number of carbonyl (C=O) groups is 2. The Hall–Kier alpha value is -4.17. The van der Waals surface area contributed by atoms with Crippen LogP contribution in [-0.2, 0) is 16.6 Å². The molecule has 0 saturated carbocycles. The molecule has 176 valence electrons. The molecule has 1 fully saturated rings. The lowest BCUT2D eigenvalue weighted by atomic mass is 10.1. The number of aromatic nitrogens is 5. The topological polar surface area (TPSA) is 133 Å². The number of hydrogen-bond donors (Lipinski definition) is 2. The van der Waals surface area contributed by atoms with Gasteiger partial charge in [-0.2, -0.15) is 5.10 Å². The lowest BCUT2D eigenvalue weighted by molar-refractivity contribution is -0.127. The highest BCUT2D eigenvalue weighted by molar-refractivity contribution is 6.00. The second-order valence-corrected chi connectivity index (χ2v) is 8.00. The van der Waals surface area contributed by atoms with Crippen LogP contribution < -0.4 is 11.1 Å². The van der Waals surface area contributed by atoms with Crippen LogP contribution in [0, 0.1) is 11.8 Å². The fourth-order valence-electron chi connectivity index (χ4n) is 4.28. The number of amides is 2. The van der Waals surface area contributed by atoms with Crippen LogP contribution in [0.2, 0.25) is 0 Å². The molecule has 1 saturated heterocycles. The average Bonchev–Trinajstić information content (AvgIpc) is 3.52. The number of nitrogens with zero attached hydrogens (tertiary/aromatic N) is 6. The summed E-state index contributed by atoms with van der Waals surface area (Å²) in [5.41, 5.74) is 8.23. The van der Waals surface area contributed by atoms with Crippen LogP contribution in [0.5, 0.6) is 0 Å². The first-order valence-corrected chi connectivity index (χ1v) is 10.7. The third kappa shape index (κ3) is 4.11. The molecule has 1 aliphatic heterocycles. The third-order valence-electron chi connectivity index (χ3n) is 5.83. The van der Waals surface area contributed by atoms with E-state index in [-0.39, 0.29) is 29.2 Å². The largest absolute Gasteiger partial charge is 0.383 e. The summed E-state index contributed by atoms with van der Waals surface area (Å²) < 4.78 is 8.80. The Morgan fingerprint density at radius 3 is 2.85 bits per heavy atom. The highest BCUT2D eigenvalue weighted by atomic mass is 16.5. The summed E-state index contributed by atoms with van der Waals surface area (Å²) in [5, 5.41) is 7.64. The summed E-state index contributed by atoms with van der Waals surface area (Å²) in [6.45, 7) is 4.36. The molecule has 34 heavy (non-hydrogen) atoms. The highest BCUT2D eigenvalue weighted by Gasteiger charge is 2.37. The van der Waals surface area contributed by atoms with Gasteiger partial charge < -0.3 is 25.3 Å². The molecule has 0 spiro atoms. The van der Waals surface area contributed by atoms with Gasteiger partial charge in [0.1, 0.15) is 16.9 Å². The zero-order valence-corrected chi connectivity index (χ0v) is 19.3. The third-order valence-corrected chi connectivity index (χ3v) is 5.83. The molecule has 0 radical (unpaired) electrons. The Bertz CT molecular complexity index is 1330. The predicted octanol–water partition coefficient (Wildman–Crippen LogP) is 0.680. The van der Waals surface area contributed by atoms with Crippen molar-refractivity contribution in [3.63, 3.8) is 0 Å². The average molecular weight is 463 g/mol. The van der Waals surface area contributed by atoms with Crippen LogP contribution in [-0.4, -0.2) is 74.4 Å². The van der Waals surface area contributed by atoms with Gasteiger partial charge in [-0.05, 0) is 24.5 Å². The normalized spacial score (nSPS) is 17.4. The Kier molecular flexibility index (Phi) is 6.34. The molecule has 3 N–H and O–H groups in total. The summed E-state index contributed by atoms with van der Waals surface area (Å²) in [5.74, 6) is 5.58. The maximum atomic E-state index is 12.4. The van der Waals surface area contributed by atoms with Gasteiger partial charge in [-0.1, -0.05) is 12.5 Å². The van der Waals surface area contributed by atoms with Crippen LogP contribution in [0.1, 0.15) is 34.1 Å². The summed E-state index contributed by atoms with van der Waals surface area (Å²) in [6.07, 6.45) is 5.20. The van der Waals surface area contributed by atoms with Crippen molar-refractivity contribution in [1.82, 2.24) is 29.2 Å². The number of fused-ring (bicyclic) bond motifs is 1. The van der Waals surface area contributed by atoms with E-state index in [0.717, 1.165) is 5.65 Å². The number of methoxy groups -OCH3 is 1. The molecule has 2 atom stereocenters. The minimum absolute atomic E-state index is 0.142. The predicted molar refractivity (Wildman–Crippen MR) is 126 cm³/mol. The quantitative estimate of drug-likeness (QED) is 0.406. The standard InChI is InChI=1S/C23H26N8O3/c1-5-19(32)30-11-15(9-16(30)12-34-4)31-23(25-2)20(21(24)33)17(28-31)7-6-14-8-18-22(26-10-14)29(3)13-27-18/h5,8,10,13,15-16,25H,1,9,11-12H2,2-4H3,(H2,24,33)/t15-,16+/m0/s1. The minimum atomic E-state index is -0.649. The molecule has 3 aromatic heterocycles. The fraction of sp³-hybridized carbons (Fsp3) is 0.348. The molecular weight excluding hydrogens is 436 g/mol. The van der Waals surface area contributed by atoms with Crippen molar-refractivity contribution >= 4 is 28.8 Å². The van der Waals surface area contributed by atoms with E-state index in [2.05, 4.69) is 38.8 Å². The molecule has 3 aromatic rings. The molecule has 4 rings (SSSR count). The van der Waals surface area contributed by atoms with E-state index in [1.165, 1.54) is 6.08 Å². The molecule has 11 nitrogen and oxygen atoms in total. The number of aryl methyl sites for hydroxylation is 1. The first-order valence-electron chi connectivity index (χ1n) is 10.7. The van der Waals surface area contributed by atoms with Crippen molar-refractivity contribution in [3.05, 3.63) is 48.1 Å². The number of primary amides is 1. The van der Waals surface area contributed by atoms with Gasteiger partial charge in [0.15, 0.2) is 11.3 Å². The summed E-state index contributed by atoms with van der Waals surface area (Å²) in [7, 11) is 5.14. The molecule has 4 heterocycles. The van der Waals surface area contributed by atoms with Gasteiger partial charge in [0.05, 0.1) is 25.0 Å². The molecule has 0 bridgehead atoms. The Labute approximate surface area is 196 Å². The monoisotopic (exact) mass is 462 g/mol. The van der Waals surface area contributed by atoms with Crippen molar-refractivity contribution in [1.29, 1.82) is 0 Å². The highest BCUT2D eigenvalue weighted by Crippen LogP contribution is 2.32. The van der Waals surface area contributed by atoms with Gasteiger partial charge in [-0.25, -0.2) is 14.6 Å². The number of nitrogens with two attached hydrogens (primary N) is 1. The summed E-state index contributed by atoms with van der Waals surface area (Å²) in [4.78, 5) is 35.1. The van der Waals surface area contributed by atoms with E-state index in [4.69, 9.17) is 10.5 Å².